The summed E-state index contributed by atoms with van der Waals surface area (Å²) in [5.74, 6) is 1.03. The van der Waals surface area contributed by atoms with E-state index in [-0.39, 0.29) is 11.7 Å². The van der Waals surface area contributed by atoms with E-state index in [4.69, 9.17) is 23.2 Å². The molecule has 0 aliphatic carbocycles. The van der Waals surface area contributed by atoms with Crippen molar-refractivity contribution in [3.63, 3.8) is 0 Å². The van der Waals surface area contributed by atoms with E-state index in [0.717, 1.165) is 14.4 Å². The first-order valence-electron chi connectivity index (χ1n) is 5.92. The molecule has 9 heteroatoms. The second kappa shape index (κ2) is 8.24. The number of nitrogens with one attached hydrogen (secondary N) is 1. The molecule has 0 aliphatic heterocycles. The third kappa shape index (κ3) is 5.34. The molecule has 112 valence electrons. The normalized spacial score (nSPS) is 10.6. The lowest BCUT2D eigenvalue weighted by Crippen LogP contribution is -2.14. The number of hydrogen-bond donors (Lipinski definition) is 1. The summed E-state index contributed by atoms with van der Waals surface area (Å²) in [6.45, 7) is 2.06. The van der Waals surface area contributed by atoms with E-state index in [1.54, 1.807) is 30.0 Å². The Hall–Kier alpha value is -0.470. The first kappa shape index (κ1) is 16.9. The monoisotopic (exact) mass is 379 g/mol. The number of anilines is 1. The van der Waals surface area contributed by atoms with Crippen molar-refractivity contribution in [2.75, 3.05) is 16.8 Å². The van der Waals surface area contributed by atoms with Gasteiger partial charge in [0.15, 0.2) is 8.68 Å². The Kier molecular flexibility index (Phi) is 6.63. The molecular weight excluding hydrogens is 369 g/mol. The number of carbonyl (C=O) groups excluding carboxylic acids is 1. The average molecular weight is 380 g/mol. The third-order valence-corrected chi connectivity index (χ3v) is 5.82. The molecule has 2 rings (SSSR count). The van der Waals surface area contributed by atoms with Crippen molar-refractivity contribution in [1.29, 1.82) is 0 Å². The lowest BCUT2D eigenvalue weighted by molar-refractivity contribution is -0.113. The summed E-state index contributed by atoms with van der Waals surface area (Å²) in [5.41, 5.74) is 0.509. The minimum Gasteiger partial charge on any atom is -0.324 e. The highest BCUT2D eigenvalue weighted by atomic mass is 35.5. The zero-order valence-corrected chi connectivity index (χ0v) is 14.9. The van der Waals surface area contributed by atoms with Gasteiger partial charge in [0.1, 0.15) is 0 Å². The van der Waals surface area contributed by atoms with Gasteiger partial charge in [0.2, 0.25) is 5.91 Å². The van der Waals surface area contributed by atoms with Crippen LogP contribution in [-0.2, 0) is 4.79 Å². The molecule has 1 aromatic carbocycles. The number of amides is 1. The molecule has 1 heterocycles. The third-order valence-electron chi connectivity index (χ3n) is 2.18. The van der Waals surface area contributed by atoms with Gasteiger partial charge in [-0.25, -0.2) is 0 Å². The van der Waals surface area contributed by atoms with E-state index in [1.165, 1.54) is 23.1 Å². The van der Waals surface area contributed by atoms with Gasteiger partial charge < -0.3 is 5.32 Å². The van der Waals surface area contributed by atoms with Gasteiger partial charge in [-0.15, -0.1) is 10.2 Å². The maximum atomic E-state index is 11.9. The number of aromatic nitrogens is 2. The van der Waals surface area contributed by atoms with Crippen LogP contribution in [0.2, 0.25) is 10.0 Å². The summed E-state index contributed by atoms with van der Waals surface area (Å²) < 4.78 is 1.69. The molecule has 0 saturated carbocycles. The Morgan fingerprint density at radius 2 is 2.00 bits per heavy atom. The molecular formula is C12H11Cl2N3OS3. The van der Waals surface area contributed by atoms with E-state index < -0.39 is 0 Å². The molecule has 2 aromatic rings. The molecule has 1 amide bonds. The number of carbonyl (C=O) groups is 1. The second-order valence-electron chi connectivity index (χ2n) is 3.73. The van der Waals surface area contributed by atoms with Crippen LogP contribution in [0.4, 0.5) is 5.69 Å². The maximum Gasteiger partial charge on any atom is 0.234 e. The lowest BCUT2D eigenvalue weighted by Gasteiger charge is -2.06. The van der Waals surface area contributed by atoms with Crippen LogP contribution in [0.15, 0.2) is 26.9 Å². The smallest absolute Gasteiger partial charge is 0.234 e. The van der Waals surface area contributed by atoms with Gasteiger partial charge in [-0.2, -0.15) is 0 Å². The minimum absolute atomic E-state index is 0.163. The molecule has 0 radical (unpaired) electrons. The number of thioether (sulfide) groups is 2. The molecule has 0 aliphatic rings. The van der Waals surface area contributed by atoms with Crippen molar-refractivity contribution in [2.24, 2.45) is 0 Å². The van der Waals surface area contributed by atoms with Gasteiger partial charge in [-0.3, -0.25) is 4.79 Å². The summed E-state index contributed by atoms with van der Waals surface area (Å²) >= 11 is 16.3. The van der Waals surface area contributed by atoms with Crippen LogP contribution in [0.1, 0.15) is 6.92 Å². The molecule has 0 saturated heterocycles. The Morgan fingerprint density at radius 1 is 1.29 bits per heavy atom. The van der Waals surface area contributed by atoms with Crippen molar-refractivity contribution in [3.8, 4) is 0 Å². The highest BCUT2D eigenvalue weighted by Gasteiger charge is 2.10. The van der Waals surface area contributed by atoms with Crippen LogP contribution < -0.4 is 5.32 Å². The zero-order valence-electron chi connectivity index (χ0n) is 10.9. The van der Waals surface area contributed by atoms with E-state index in [2.05, 4.69) is 22.4 Å². The molecule has 0 atom stereocenters. The van der Waals surface area contributed by atoms with E-state index >= 15 is 0 Å². The summed E-state index contributed by atoms with van der Waals surface area (Å²) in [6.07, 6.45) is 0. The first-order chi connectivity index (χ1) is 10.1. The minimum atomic E-state index is -0.163. The van der Waals surface area contributed by atoms with Crippen LogP contribution in [0.3, 0.4) is 0 Å². The van der Waals surface area contributed by atoms with Crippen LogP contribution in [0.25, 0.3) is 0 Å². The molecule has 0 unspecified atom stereocenters. The first-order valence-corrected chi connectivity index (χ1v) is 9.47. The molecule has 21 heavy (non-hydrogen) atoms. The summed E-state index contributed by atoms with van der Waals surface area (Å²) in [6, 6.07) is 4.93. The standard InChI is InChI=1S/C12H11Cl2N3OS3/c1-2-19-11-16-17-12(21-11)20-6-10(18)15-9-5-7(13)3-4-8(9)14/h3-5H,2,6H2,1H3,(H,15,18). The number of nitrogens with zero attached hydrogens (tertiary/aromatic N) is 2. The fourth-order valence-corrected chi connectivity index (χ4v) is 4.40. The number of halogens is 2. The lowest BCUT2D eigenvalue weighted by atomic mass is 10.3. The van der Waals surface area contributed by atoms with Crippen molar-refractivity contribution in [1.82, 2.24) is 10.2 Å². The van der Waals surface area contributed by atoms with Gasteiger partial charge in [0.05, 0.1) is 16.5 Å². The van der Waals surface area contributed by atoms with Gasteiger partial charge in [-0.1, -0.05) is 65.0 Å². The highest BCUT2D eigenvalue weighted by molar-refractivity contribution is 8.03. The SMILES string of the molecule is CCSc1nnc(SCC(=O)Nc2cc(Cl)ccc2Cl)s1. The number of hydrogen-bond acceptors (Lipinski definition) is 6. The fourth-order valence-electron chi connectivity index (χ4n) is 1.34. The van der Waals surface area contributed by atoms with Crippen molar-refractivity contribution >= 4 is 69.7 Å². The molecule has 4 nitrogen and oxygen atoms in total. The Labute approximate surface area is 145 Å². The van der Waals surface area contributed by atoms with E-state index in [1.807, 2.05) is 0 Å². The molecule has 0 spiro atoms. The van der Waals surface area contributed by atoms with Gasteiger partial charge in [-0.05, 0) is 24.0 Å². The predicted molar refractivity (Wildman–Crippen MR) is 92.1 cm³/mol. The molecule has 1 aromatic heterocycles. The Morgan fingerprint density at radius 3 is 2.71 bits per heavy atom. The maximum absolute atomic E-state index is 11.9. The summed E-state index contributed by atoms with van der Waals surface area (Å²) in [7, 11) is 0. The van der Waals surface area contributed by atoms with Crippen LogP contribution in [0.5, 0.6) is 0 Å². The topological polar surface area (TPSA) is 54.9 Å². The van der Waals surface area contributed by atoms with Gasteiger partial charge >= 0.3 is 0 Å². The van der Waals surface area contributed by atoms with Crippen LogP contribution in [-0.4, -0.2) is 27.6 Å². The van der Waals surface area contributed by atoms with Crippen LogP contribution >= 0.6 is 58.1 Å². The molecule has 0 fully saturated rings. The van der Waals surface area contributed by atoms with E-state index in [9.17, 15) is 4.79 Å². The molecule has 1 N–H and O–H groups in total. The summed E-state index contributed by atoms with van der Waals surface area (Å²) in [4.78, 5) is 11.9. The van der Waals surface area contributed by atoms with Crippen molar-refractivity contribution in [3.05, 3.63) is 28.2 Å². The zero-order chi connectivity index (χ0) is 15.2. The summed E-state index contributed by atoms with van der Waals surface area (Å²) in [5, 5.41) is 11.8. The largest absolute Gasteiger partial charge is 0.324 e. The van der Waals surface area contributed by atoms with Gasteiger partial charge in [0.25, 0.3) is 0 Å². The Bertz CT molecular complexity index is 636. The number of rotatable bonds is 6. The molecule has 0 bridgehead atoms. The van der Waals surface area contributed by atoms with E-state index in [0.29, 0.717) is 15.7 Å². The Balaban J connectivity index is 1.88. The predicted octanol–water partition coefficient (Wildman–Crippen LogP) is 4.69. The van der Waals surface area contributed by atoms with Gasteiger partial charge in [0, 0.05) is 5.02 Å². The average Bonchev–Trinajstić information content (AvgIpc) is 2.89. The van der Waals surface area contributed by atoms with Crippen LogP contribution in [0, 0.1) is 0 Å². The van der Waals surface area contributed by atoms with Crippen molar-refractivity contribution in [2.45, 2.75) is 15.6 Å². The number of benzene rings is 1. The fraction of sp³-hybridized carbons (Fsp3) is 0.250. The quantitative estimate of drug-likeness (QED) is 0.737. The second-order valence-corrected chi connectivity index (χ2v) is 8.28. The highest BCUT2D eigenvalue weighted by Crippen LogP contribution is 2.29. The van der Waals surface area contributed by atoms with Crippen molar-refractivity contribution < 1.29 is 4.79 Å².